The van der Waals surface area contributed by atoms with Gasteiger partial charge in [-0.3, -0.25) is 0 Å². The van der Waals surface area contributed by atoms with Crippen LogP contribution in [0.5, 0.6) is 0 Å². The smallest absolute Gasteiger partial charge is 0.00862 e. The Kier molecular flexibility index (Phi) is 2.31. The van der Waals surface area contributed by atoms with Crippen molar-refractivity contribution in [2.24, 2.45) is 23.2 Å². The van der Waals surface area contributed by atoms with E-state index in [1.807, 2.05) is 0 Å². The minimum atomic E-state index is 0.756. The molecule has 4 aliphatic rings. The SMILES string of the molecule is C#CCCCC12CC3CC(CC(C3)C1)C2. The van der Waals surface area contributed by atoms with E-state index in [2.05, 4.69) is 5.92 Å². The van der Waals surface area contributed by atoms with Gasteiger partial charge in [0.05, 0.1) is 0 Å². The molecule has 82 valence electrons. The van der Waals surface area contributed by atoms with E-state index < -0.39 is 0 Å². The first-order valence-electron chi connectivity index (χ1n) is 6.73. The Hall–Kier alpha value is -0.440. The van der Waals surface area contributed by atoms with E-state index in [-0.39, 0.29) is 0 Å². The molecule has 0 aromatic rings. The molecule has 0 unspecified atom stereocenters. The number of rotatable bonds is 3. The first-order chi connectivity index (χ1) is 7.30. The Balaban J connectivity index is 1.68. The van der Waals surface area contributed by atoms with Gasteiger partial charge in [0, 0.05) is 6.42 Å². The fraction of sp³-hybridized carbons (Fsp3) is 0.867. The van der Waals surface area contributed by atoms with Crippen molar-refractivity contribution in [1.82, 2.24) is 0 Å². The Morgan fingerprint density at radius 1 is 1.00 bits per heavy atom. The van der Waals surface area contributed by atoms with Crippen LogP contribution in [0, 0.1) is 35.5 Å². The van der Waals surface area contributed by atoms with Gasteiger partial charge in [-0.1, -0.05) is 0 Å². The average Bonchev–Trinajstić information content (AvgIpc) is 2.15. The molecule has 4 bridgehead atoms. The van der Waals surface area contributed by atoms with Crippen molar-refractivity contribution in [3.05, 3.63) is 0 Å². The van der Waals surface area contributed by atoms with Crippen molar-refractivity contribution in [3.8, 4) is 12.3 Å². The van der Waals surface area contributed by atoms with Gasteiger partial charge in [0.2, 0.25) is 0 Å². The van der Waals surface area contributed by atoms with Gasteiger partial charge in [-0.25, -0.2) is 0 Å². The molecule has 0 N–H and O–H groups in total. The van der Waals surface area contributed by atoms with Gasteiger partial charge in [0.15, 0.2) is 0 Å². The van der Waals surface area contributed by atoms with Crippen molar-refractivity contribution in [2.45, 2.75) is 57.8 Å². The monoisotopic (exact) mass is 202 g/mol. The summed E-state index contributed by atoms with van der Waals surface area (Å²) in [5, 5.41) is 0. The maximum Gasteiger partial charge on any atom is 0.00862 e. The van der Waals surface area contributed by atoms with Crippen LogP contribution in [0.4, 0.5) is 0 Å². The second-order valence-corrected chi connectivity index (χ2v) is 6.48. The van der Waals surface area contributed by atoms with E-state index in [1.165, 1.54) is 12.8 Å². The van der Waals surface area contributed by atoms with Crippen molar-refractivity contribution in [1.29, 1.82) is 0 Å². The van der Waals surface area contributed by atoms with Gasteiger partial charge >= 0.3 is 0 Å². The van der Waals surface area contributed by atoms with E-state index >= 15 is 0 Å². The lowest BCUT2D eigenvalue weighted by Crippen LogP contribution is -2.45. The zero-order valence-corrected chi connectivity index (χ0v) is 9.67. The molecular formula is C15H22. The molecule has 0 saturated heterocycles. The Bertz CT molecular complexity index is 246. The van der Waals surface area contributed by atoms with Crippen LogP contribution in [0.25, 0.3) is 0 Å². The summed E-state index contributed by atoms with van der Waals surface area (Å²) in [5.41, 5.74) is 0.756. The topological polar surface area (TPSA) is 0 Å². The van der Waals surface area contributed by atoms with Crippen LogP contribution in [-0.2, 0) is 0 Å². The van der Waals surface area contributed by atoms with Gasteiger partial charge in [-0.05, 0) is 74.5 Å². The molecule has 0 heterocycles. The predicted molar refractivity (Wildman–Crippen MR) is 63.3 cm³/mol. The highest BCUT2D eigenvalue weighted by atomic mass is 14.5. The summed E-state index contributed by atoms with van der Waals surface area (Å²) in [4.78, 5) is 0. The fourth-order valence-corrected chi connectivity index (χ4v) is 5.16. The molecule has 0 spiro atoms. The molecule has 0 aliphatic heterocycles. The highest BCUT2D eigenvalue weighted by Gasteiger charge is 2.50. The molecule has 0 aromatic heterocycles. The van der Waals surface area contributed by atoms with Crippen LogP contribution in [0.15, 0.2) is 0 Å². The van der Waals surface area contributed by atoms with Crippen LogP contribution in [0.2, 0.25) is 0 Å². The van der Waals surface area contributed by atoms with Gasteiger partial charge in [-0.15, -0.1) is 12.3 Å². The molecule has 0 radical (unpaired) electrons. The number of terminal acetylenes is 1. The first kappa shape index (κ1) is 9.76. The summed E-state index contributed by atoms with van der Waals surface area (Å²) in [6, 6.07) is 0. The molecule has 0 heteroatoms. The third-order valence-electron chi connectivity index (χ3n) is 5.19. The standard InChI is InChI=1S/C15H22/c1-2-3-4-5-15-9-12-6-13(10-15)8-14(7-12)11-15/h1,12-14H,3-11H2. The van der Waals surface area contributed by atoms with E-state index in [0.29, 0.717) is 0 Å². The molecule has 4 saturated carbocycles. The zero-order chi connectivity index (χ0) is 10.3. The maximum atomic E-state index is 5.36. The number of hydrogen-bond acceptors (Lipinski definition) is 0. The second-order valence-electron chi connectivity index (χ2n) is 6.48. The fourth-order valence-electron chi connectivity index (χ4n) is 5.16. The Morgan fingerprint density at radius 3 is 2.00 bits per heavy atom. The molecular weight excluding hydrogens is 180 g/mol. The highest BCUT2D eigenvalue weighted by Crippen LogP contribution is 2.61. The molecule has 15 heavy (non-hydrogen) atoms. The molecule has 0 aromatic carbocycles. The molecule has 4 aliphatic carbocycles. The summed E-state index contributed by atoms with van der Waals surface area (Å²) < 4.78 is 0. The predicted octanol–water partition coefficient (Wildman–Crippen LogP) is 4.01. The molecule has 0 amide bonds. The number of hydrogen-bond donors (Lipinski definition) is 0. The van der Waals surface area contributed by atoms with Gasteiger partial charge in [0.1, 0.15) is 0 Å². The van der Waals surface area contributed by atoms with Gasteiger partial charge < -0.3 is 0 Å². The Labute approximate surface area is 93.8 Å². The van der Waals surface area contributed by atoms with Crippen LogP contribution in [-0.4, -0.2) is 0 Å². The molecule has 0 nitrogen and oxygen atoms in total. The minimum absolute atomic E-state index is 0.756. The Morgan fingerprint density at radius 2 is 1.53 bits per heavy atom. The maximum absolute atomic E-state index is 5.36. The lowest BCUT2D eigenvalue weighted by Gasteiger charge is -2.57. The van der Waals surface area contributed by atoms with Crippen LogP contribution < -0.4 is 0 Å². The second kappa shape index (κ2) is 3.55. The summed E-state index contributed by atoms with van der Waals surface area (Å²) >= 11 is 0. The largest absolute Gasteiger partial charge is 0.120 e. The summed E-state index contributed by atoms with van der Waals surface area (Å²) in [6.45, 7) is 0. The quantitative estimate of drug-likeness (QED) is 0.479. The summed E-state index contributed by atoms with van der Waals surface area (Å²) in [7, 11) is 0. The molecule has 4 rings (SSSR count). The van der Waals surface area contributed by atoms with E-state index in [4.69, 9.17) is 6.42 Å². The summed E-state index contributed by atoms with van der Waals surface area (Å²) in [5.74, 6) is 6.10. The van der Waals surface area contributed by atoms with E-state index in [9.17, 15) is 0 Å². The van der Waals surface area contributed by atoms with Crippen molar-refractivity contribution in [3.63, 3.8) is 0 Å². The van der Waals surface area contributed by atoms with Gasteiger partial charge in [-0.2, -0.15) is 0 Å². The van der Waals surface area contributed by atoms with Gasteiger partial charge in [0.25, 0.3) is 0 Å². The third-order valence-corrected chi connectivity index (χ3v) is 5.19. The molecule has 4 fully saturated rings. The van der Waals surface area contributed by atoms with Crippen LogP contribution in [0.1, 0.15) is 57.8 Å². The normalized spacial score (nSPS) is 46.7. The van der Waals surface area contributed by atoms with E-state index in [0.717, 1.165) is 29.6 Å². The van der Waals surface area contributed by atoms with Crippen molar-refractivity contribution < 1.29 is 0 Å². The number of unbranched alkanes of at least 4 members (excludes halogenated alkanes) is 1. The highest BCUT2D eigenvalue weighted by molar-refractivity contribution is 5.01. The van der Waals surface area contributed by atoms with Crippen LogP contribution in [0.3, 0.4) is 0 Å². The lowest BCUT2D eigenvalue weighted by atomic mass is 9.48. The van der Waals surface area contributed by atoms with Crippen LogP contribution >= 0.6 is 0 Å². The van der Waals surface area contributed by atoms with Crippen molar-refractivity contribution >= 4 is 0 Å². The third kappa shape index (κ3) is 1.71. The summed E-state index contributed by atoms with van der Waals surface area (Å²) in [6.07, 6.45) is 18.4. The van der Waals surface area contributed by atoms with Crippen molar-refractivity contribution in [2.75, 3.05) is 0 Å². The average molecular weight is 202 g/mol. The lowest BCUT2D eigenvalue weighted by molar-refractivity contribution is -0.0579. The zero-order valence-electron chi connectivity index (χ0n) is 9.67. The minimum Gasteiger partial charge on any atom is -0.120 e. The first-order valence-corrected chi connectivity index (χ1v) is 6.73. The van der Waals surface area contributed by atoms with E-state index in [1.54, 1.807) is 38.5 Å². The molecule has 0 atom stereocenters.